The Bertz CT molecular complexity index is 677. The first-order valence-corrected chi connectivity index (χ1v) is 5.40. The number of benzene rings is 1. The van der Waals surface area contributed by atoms with E-state index in [1.165, 1.54) is 18.3 Å². The van der Waals surface area contributed by atoms with Gasteiger partial charge in [0.25, 0.3) is 5.69 Å². The summed E-state index contributed by atoms with van der Waals surface area (Å²) in [5, 5.41) is 19.7. The normalized spacial score (nSPS) is 9.68. The molecule has 0 aliphatic heterocycles. The molecule has 1 aromatic carbocycles. The molecule has 0 aliphatic carbocycles. The summed E-state index contributed by atoms with van der Waals surface area (Å²) in [6, 6.07) is 9.42. The molecule has 0 aliphatic rings. The molecule has 0 fully saturated rings. The molecular weight excluding hydrogens is 246 g/mol. The lowest BCUT2D eigenvalue weighted by molar-refractivity contribution is -0.384. The number of non-ortho nitro benzene ring substituents is 1. The van der Waals surface area contributed by atoms with E-state index >= 15 is 0 Å². The predicted octanol–water partition coefficient (Wildman–Crippen LogP) is 2.96. The fourth-order valence-electron chi connectivity index (χ4n) is 1.47. The molecule has 19 heavy (non-hydrogen) atoms. The van der Waals surface area contributed by atoms with Crippen molar-refractivity contribution in [2.75, 3.05) is 0 Å². The molecule has 0 atom stereocenters. The van der Waals surface area contributed by atoms with Crippen LogP contribution in [-0.4, -0.2) is 9.91 Å². The molecule has 2 aromatic rings. The van der Waals surface area contributed by atoms with Crippen molar-refractivity contribution in [3.8, 4) is 17.7 Å². The summed E-state index contributed by atoms with van der Waals surface area (Å²) >= 11 is 0. The van der Waals surface area contributed by atoms with Crippen molar-refractivity contribution >= 4 is 5.69 Å². The van der Waals surface area contributed by atoms with Crippen LogP contribution in [0.4, 0.5) is 5.69 Å². The number of aromatic nitrogens is 1. The summed E-state index contributed by atoms with van der Waals surface area (Å²) in [6.45, 7) is 1.76. The molecule has 0 bridgehead atoms. The van der Waals surface area contributed by atoms with Crippen LogP contribution in [0.2, 0.25) is 0 Å². The SMILES string of the molecule is Cc1ccc([N+](=O)[O-])cc1Oc1ncccc1C#N. The van der Waals surface area contributed by atoms with Crippen LogP contribution in [0.3, 0.4) is 0 Å². The first kappa shape index (κ1) is 12.5. The number of nitro groups is 1. The minimum Gasteiger partial charge on any atom is -0.437 e. The molecule has 0 N–H and O–H groups in total. The maximum Gasteiger partial charge on any atom is 0.273 e. The lowest BCUT2D eigenvalue weighted by Gasteiger charge is -2.08. The topological polar surface area (TPSA) is 89.1 Å². The Morgan fingerprint density at radius 3 is 2.89 bits per heavy atom. The molecule has 0 unspecified atom stereocenters. The van der Waals surface area contributed by atoms with Crippen molar-refractivity contribution in [1.82, 2.24) is 4.98 Å². The van der Waals surface area contributed by atoms with Crippen LogP contribution in [0.1, 0.15) is 11.1 Å². The summed E-state index contributed by atoms with van der Waals surface area (Å²) in [5.74, 6) is 0.443. The third-order valence-electron chi connectivity index (χ3n) is 2.48. The number of nitro benzene ring substituents is 1. The molecule has 2 rings (SSSR count). The van der Waals surface area contributed by atoms with Gasteiger partial charge in [0.15, 0.2) is 0 Å². The van der Waals surface area contributed by atoms with E-state index in [2.05, 4.69) is 4.98 Å². The zero-order valence-corrected chi connectivity index (χ0v) is 10.0. The molecule has 6 heteroatoms. The highest BCUT2D eigenvalue weighted by Crippen LogP contribution is 2.29. The monoisotopic (exact) mass is 255 g/mol. The Hall–Kier alpha value is -2.94. The van der Waals surface area contributed by atoms with E-state index in [4.69, 9.17) is 10.00 Å². The fraction of sp³-hybridized carbons (Fsp3) is 0.0769. The Kier molecular flexibility index (Phi) is 3.39. The molecule has 0 saturated carbocycles. The minimum absolute atomic E-state index is 0.0740. The third-order valence-corrected chi connectivity index (χ3v) is 2.48. The van der Waals surface area contributed by atoms with E-state index < -0.39 is 4.92 Å². The van der Waals surface area contributed by atoms with Crippen molar-refractivity contribution in [2.24, 2.45) is 0 Å². The molecule has 1 aromatic heterocycles. The zero-order valence-electron chi connectivity index (χ0n) is 10.0. The number of hydrogen-bond donors (Lipinski definition) is 0. The van der Waals surface area contributed by atoms with Gasteiger partial charge in [0.05, 0.1) is 11.0 Å². The molecule has 1 heterocycles. The summed E-state index contributed by atoms with van der Waals surface area (Å²) in [7, 11) is 0. The van der Waals surface area contributed by atoms with Gasteiger partial charge in [-0.15, -0.1) is 0 Å². The summed E-state index contributed by atoms with van der Waals surface area (Å²) < 4.78 is 5.48. The van der Waals surface area contributed by atoms with Gasteiger partial charge in [-0.3, -0.25) is 10.1 Å². The average Bonchev–Trinajstić information content (AvgIpc) is 2.41. The van der Waals surface area contributed by atoms with Crippen LogP contribution in [-0.2, 0) is 0 Å². The van der Waals surface area contributed by atoms with Gasteiger partial charge in [-0.1, -0.05) is 0 Å². The van der Waals surface area contributed by atoms with Crippen molar-refractivity contribution < 1.29 is 9.66 Å². The molecular formula is C13H9N3O3. The van der Waals surface area contributed by atoms with E-state index in [9.17, 15) is 10.1 Å². The smallest absolute Gasteiger partial charge is 0.273 e. The number of nitrogens with zero attached hydrogens (tertiary/aromatic N) is 3. The number of hydrogen-bond acceptors (Lipinski definition) is 5. The highest BCUT2D eigenvalue weighted by Gasteiger charge is 2.12. The van der Waals surface area contributed by atoms with Crippen LogP contribution in [0.15, 0.2) is 36.5 Å². The fourth-order valence-corrected chi connectivity index (χ4v) is 1.47. The average molecular weight is 255 g/mol. The summed E-state index contributed by atoms with van der Waals surface area (Å²) in [4.78, 5) is 14.2. The Labute approximate surface area is 109 Å². The van der Waals surface area contributed by atoms with Gasteiger partial charge in [0, 0.05) is 12.3 Å². The van der Waals surface area contributed by atoms with Crippen molar-refractivity contribution in [2.45, 2.75) is 6.92 Å². The van der Waals surface area contributed by atoms with Gasteiger partial charge < -0.3 is 4.74 Å². The van der Waals surface area contributed by atoms with Crippen LogP contribution < -0.4 is 4.74 Å². The standard InChI is InChI=1S/C13H9N3O3/c1-9-4-5-11(16(17)18)7-12(9)19-13-10(8-14)3-2-6-15-13/h2-7H,1H3. The number of rotatable bonds is 3. The van der Waals surface area contributed by atoms with Gasteiger partial charge in [0.1, 0.15) is 17.4 Å². The molecule has 0 radical (unpaired) electrons. The third kappa shape index (κ3) is 2.66. The van der Waals surface area contributed by atoms with E-state index in [-0.39, 0.29) is 17.1 Å². The van der Waals surface area contributed by atoms with Gasteiger partial charge in [-0.2, -0.15) is 5.26 Å². The first-order chi connectivity index (χ1) is 9.11. The Morgan fingerprint density at radius 1 is 1.42 bits per heavy atom. The van der Waals surface area contributed by atoms with Crippen LogP contribution >= 0.6 is 0 Å². The Morgan fingerprint density at radius 2 is 2.21 bits per heavy atom. The minimum atomic E-state index is -0.504. The lowest BCUT2D eigenvalue weighted by atomic mass is 10.2. The first-order valence-electron chi connectivity index (χ1n) is 5.40. The van der Waals surface area contributed by atoms with Gasteiger partial charge in [0.2, 0.25) is 5.88 Å². The van der Waals surface area contributed by atoms with E-state index in [0.29, 0.717) is 5.75 Å². The largest absolute Gasteiger partial charge is 0.437 e. The van der Waals surface area contributed by atoms with Crippen LogP contribution in [0.5, 0.6) is 11.6 Å². The highest BCUT2D eigenvalue weighted by molar-refractivity contribution is 5.47. The Balaban J connectivity index is 2.41. The van der Waals surface area contributed by atoms with Crippen LogP contribution in [0, 0.1) is 28.4 Å². The summed E-state index contributed by atoms with van der Waals surface area (Å²) in [5.41, 5.74) is 0.920. The van der Waals surface area contributed by atoms with Crippen molar-refractivity contribution in [3.05, 3.63) is 57.8 Å². The molecule has 0 saturated heterocycles. The number of ether oxygens (including phenoxy) is 1. The molecule has 6 nitrogen and oxygen atoms in total. The van der Waals surface area contributed by atoms with Gasteiger partial charge >= 0.3 is 0 Å². The molecule has 0 spiro atoms. The van der Waals surface area contributed by atoms with Crippen molar-refractivity contribution in [1.29, 1.82) is 5.26 Å². The van der Waals surface area contributed by atoms with E-state index in [1.54, 1.807) is 25.1 Å². The predicted molar refractivity (Wildman–Crippen MR) is 66.9 cm³/mol. The lowest BCUT2D eigenvalue weighted by Crippen LogP contribution is -1.95. The van der Waals surface area contributed by atoms with E-state index in [1.807, 2.05) is 6.07 Å². The maximum absolute atomic E-state index is 10.7. The number of pyridine rings is 1. The van der Waals surface area contributed by atoms with Gasteiger partial charge in [-0.05, 0) is 30.7 Å². The quantitative estimate of drug-likeness (QED) is 0.621. The second-order valence-electron chi connectivity index (χ2n) is 3.78. The second-order valence-corrected chi connectivity index (χ2v) is 3.78. The zero-order chi connectivity index (χ0) is 13.8. The summed E-state index contributed by atoms with van der Waals surface area (Å²) in [6.07, 6.45) is 1.49. The number of nitriles is 1. The molecule has 0 amide bonds. The highest BCUT2D eigenvalue weighted by atomic mass is 16.6. The number of aryl methyl sites for hydroxylation is 1. The second kappa shape index (κ2) is 5.14. The van der Waals surface area contributed by atoms with Gasteiger partial charge in [-0.25, -0.2) is 4.98 Å². The van der Waals surface area contributed by atoms with Crippen molar-refractivity contribution in [3.63, 3.8) is 0 Å². The van der Waals surface area contributed by atoms with E-state index in [0.717, 1.165) is 5.56 Å². The maximum atomic E-state index is 10.7. The van der Waals surface area contributed by atoms with Crippen LogP contribution in [0.25, 0.3) is 0 Å². The molecule has 94 valence electrons.